The Morgan fingerprint density at radius 1 is 0.926 bits per heavy atom. The van der Waals surface area contributed by atoms with E-state index in [4.69, 9.17) is 0 Å². The van der Waals surface area contributed by atoms with Crippen LogP contribution in [-0.4, -0.2) is 26.6 Å². The third kappa shape index (κ3) is 4.59. The highest BCUT2D eigenvalue weighted by molar-refractivity contribution is 7.89. The summed E-state index contributed by atoms with van der Waals surface area (Å²) in [5.41, 5.74) is 2.51. The van der Waals surface area contributed by atoms with Crippen LogP contribution in [0.1, 0.15) is 16.7 Å². The highest BCUT2D eigenvalue weighted by atomic mass is 32.2. The molecule has 0 unspecified atom stereocenters. The van der Waals surface area contributed by atoms with Crippen LogP contribution in [0.4, 0.5) is 4.79 Å². The maximum absolute atomic E-state index is 12.3. The SMILES string of the molecule is Cc1ccc(/C=N\NS(=O)(=O)c2ccc(/C=C3\NC(=O)NC3=O)cc2)cc1. The fraction of sp³-hybridized carbons (Fsp3) is 0.0556. The number of aryl methyl sites for hydroxylation is 1. The van der Waals surface area contributed by atoms with Gasteiger partial charge in [-0.1, -0.05) is 42.0 Å². The molecule has 1 saturated heterocycles. The highest BCUT2D eigenvalue weighted by Crippen LogP contribution is 2.13. The summed E-state index contributed by atoms with van der Waals surface area (Å²) in [5, 5.41) is 8.21. The van der Waals surface area contributed by atoms with Crippen LogP contribution < -0.4 is 15.5 Å². The van der Waals surface area contributed by atoms with Crippen molar-refractivity contribution in [2.75, 3.05) is 0 Å². The fourth-order valence-electron chi connectivity index (χ4n) is 2.27. The van der Waals surface area contributed by atoms with E-state index in [0.29, 0.717) is 5.56 Å². The largest absolute Gasteiger partial charge is 0.326 e. The quantitative estimate of drug-likeness (QED) is 0.313. The highest BCUT2D eigenvalue weighted by Gasteiger charge is 2.22. The van der Waals surface area contributed by atoms with Crippen molar-refractivity contribution in [2.45, 2.75) is 11.8 Å². The second kappa shape index (κ2) is 7.42. The predicted molar refractivity (Wildman–Crippen MR) is 100 cm³/mol. The molecule has 3 N–H and O–H groups in total. The van der Waals surface area contributed by atoms with Crippen molar-refractivity contribution in [2.24, 2.45) is 5.10 Å². The molecule has 0 spiro atoms. The fourth-order valence-corrected chi connectivity index (χ4v) is 3.06. The molecule has 0 saturated carbocycles. The molecule has 27 heavy (non-hydrogen) atoms. The van der Waals surface area contributed by atoms with Crippen molar-refractivity contribution in [1.82, 2.24) is 15.5 Å². The van der Waals surface area contributed by atoms with Gasteiger partial charge in [-0.05, 0) is 36.3 Å². The lowest BCUT2D eigenvalue weighted by Crippen LogP contribution is -2.22. The van der Waals surface area contributed by atoms with Crippen LogP contribution in [0.2, 0.25) is 0 Å². The van der Waals surface area contributed by atoms with Crippen LogP contribution in [0, 0.1) is 6.92 Å². The van der Waals surface area contributed by atoms with Gasteiger partial charge in [0.2, 0.25) is 0 Å². The monoisotopic (exact) mass is 384 g/mol. The lowest BCUT2D eigenvalue weighted by atomic mass is 10.2. The molecule has 2 aromatic rings. The molecule has 8 nitrogen and oxygen atoms in total. The van der Waals surface area contributed by atoms with Gasteiger partial charge >= 0.3 is 6.03 Å². The summed E-state index contributed by atoms with van der Waals surface area (Å²) in [6.07, 6.45) is 2.86. The van der Waals surface area contributed by atoms with Gasteiger partial charge in [-0.15, -0.1) is 0 Å². The molecule has 0 aromatic heterocycles. The van der Waals surface area contributed by atoms with Crippen molar-refractivity contribution in [3.8, 4) is 0 Å². The molecule has 9 heteroatoms. The lowest BCUT2D eigenvalue weighted by Gasteiger charge is -2.04. The van der Waals surface area contributed by atoms with Gasteiger partial charge in [0.25, 0.3) is 15.9 Å². The zero-order valence-corrected chi connectivity index (χ0v) is 15.1. The number of rotatable bonds is 5. The van der Waals surface area contributed by atoms with E-state index in [1.807, 2.05) is 31.2 Å². The average molecular weight is 384 g/mol. The van der Waals surface area contributed by atoms with E-state index in [9.17, 15) is 18.0 Å². The molecule has 0 bridgehead atoms. The van der Waals surface area contributed by atoms with E-state index >= 15 is 0 Å². The summed E-state index contributed by atoms with van der Waals surface area (Å²) in [5.74, 6) is -0.538. The number of nitrogens with one attached hydrogen (secondary N) is 3. The third-order valence-electron chi connectivity index (χ3n) is 3.69. The summed E-state index contributed by atoms with van der Waals surface area (Å²) in [6.45, 7) is 1.95. The molecule has 1 fully saturated rings. The summed E-state index contributed by atoms with van der Waals surface area (Å²) in [4.78, 5) is 24.7. The van der Waals surface area contributed by atoms with Crippen molar-refractivity contribution < 1.29 is 18.0 Å². The van der Waals surface area contributed by atoms with E-state index < -0.39 is 22.0 Å². The molecule has 138 valence electrons. The lowest BCUT2D eigenvalue weighted by molar-refractivity contribution is -0.115. The van der Waals surface area contributed by atoms with Crippen LogP contribution in [-0.2, 0) is 14.8 Å². The van der Waals surface area contributed by atoms with Crippen LogP contribution in [0.15, 0.2) is 64.2 Å². The molecule has 0 radical (unpaired) electrons. The summed E-state index contributed by atoms with van der Waals surface area (Å²) in [6, 6.07) is 12.6. The normalized spacial score (nSPS) is 15.8. The number of urea groups is 1. The summed E-state index contributed by atoms with van der Waals surface area (Å²) in [7, 11) is -3.82. The molecule has 3 rings (SSSR count). The number of hydrogen-bond acceptors (Lipinski definition) is 5. The Bertz CT molecular complexity index is 1040. The second-order valence-electron chi connectivity index (χ2n) is 5.80. The second-order valence-corrected chi connectivity index (χ2v) is 7.46. The molecule has 0 atom stereocenters. The minimum Gasteiger partial charge on any atom is -0.303 e. The number of hydrazone groups is 1. The Hall–Kier alpha value is -3.46. The van der Waals surface area contributed by atoms with Crippen molar-refractivity contribution >= 4 is 34.3 Å². The molecule has 2 aromatic carbocycles. The molecular formula is C18H16N4O4S. The summed E-state index contributed by atoms with van der Waals surface area (Å²) < 4.78 is 24.5. The van der Waals surface area contributed by atoms with E-state index in [0.717, 1.165) is 11.1 Å². The number of carbonyl (C=O) groups is 2. The molecule has 1 aliphatic heterocycles. The first-order chi connectivity index (χ1) is 12.8. The van der Waals surface area contributed by atoms with Gasteiger partial charge in [-0.2, -0.15) is 13.5 Å². The number of hydrogen-bond donors (Lipinski definition) is 3. The van der Waals surface area contributed by atoms with Crippen LogP contribution >= 0.6 is 0 Å². The summed E-state index contributed by atoms with van der Waals surface area (Å²) >= 11 is 0. The number of imide groups is 1. The smallest absolute Gasteiger partial charge is 0.303 e. The molecule has 1 aliphatic rings. The van der Waals surface area contributed by atoms with Crippen LogP contribution in [0.5, 0.6) is 0 Å². The van der Waals surface area contributed by atoms with Gasteiger partial charge < -0.3 is 5.32 Å². The Kier molecular flexibility index (Phi) is 5.04. The zero-order chi connectivity index (χ0) is 19.4. The van der Waals surface area contributed by atoms with Gasteiger partial charge in [-0.25, -0.2) is 9.63 Å². The molecule has 0 aliphatic carbocycles. The van der Waals surface area contributed by atoms with Gasteiger partial charge in [0.1, 0.15) is 5.70 Å². The maximum atomic E-state index is 12.3. The topological polar surface area (TPSA) is 117 Å². The third-order valence-corrected chi connectivity index (χ3v) is 4.92. The van der Waals surface area contributed by atoms with E-state index in [2.05, 4.69) is 20.6 Å². The zero-order valence-electron chi connectivity index (χ0n) is 14.3. The van der Waals surface area contributed by atoms with Gasteiger partial charge in [-0.3, -0.25) is 10.1 Å². The predicted octanol–water partition coefficient (Wildman–Crippen LogP) is 1.49. The standard InChI is InChI=1S/C18H16N4O4S/c1-12-2-4-14(5-3-12)11-19-22-27(25,26)15-8-6-13(7-9-15)10-16-17(23)21-18(24)20-16/h2-11,22H,1H3,(H2,20,21,23,24)/b16-10-,19-11-. The van der Waals surface area contributed by atoms with E-state index in [-0.39, 0.29) is 10.6 Å². The Balaban J connectivity index is 1.70. The molecular weight excluding hydrogens is 368 g/mol. The van der Waals surface area contributed by atoms with Crippen LogP contribution in [0.3, 0.4) is 0 Å². The Morgan fingerprint density at radius 2 is 1.56 bits per heavy atom. The van der Waals surface area contributed by atoms with Crippen molar-refractivity contribution in [3.05, 3.63) is 70.9 Å². The van der Waals surface area contributed by atoms with Gasteiger partial charge in [0.15, 0.2) is 0 Å². The number of nitrogens with zero attached hydrogens (tertiary/aromatic N) is 1. The number of amides is 3. The average Bonchev–Trinajstić information content (AvgIpc) is 2.94. The van der Waals surface area contributed by atoms with E-state index in [1.54, 1.807) is 0 Å². The minimum absolute atomic E-state index is 0.0191. The number of sulfonamides is 1. The minimum atomic E-state index is -3.82. The maximum Gasteiger partial charge on any atom is 0.326 e. The first kappa shape index (κ1) is 18.3. The van der Waals surface area contributed by atoms with Gasteiger partial charge in [0.05, 0.1) is 11.1 Å². The Morgan fingerprint density at radius 3 is 2.15 bits per heavy atom. The van der Waals surface area contributed by atoms with Gasteiger partial charge in [0, 0.05) is 0 Å². The first-order valence-corrected chi connectivity index (χ1v) is 9.37. The molecule has 3 amide bonds. The number of carbonyl (C=O) groups excluding carboxylic acids is 2. The Labute approximate surface area is 156 Å². The van der Waals surface area contributed by atoms with Crippen molar-refractivity contribution in [1.29, 1.82) is 0 Å². The van der Waals surface area contributed by atoms with Crippen LogP contribution in [0.25, 0.3) is 6.08 Å². The molecule has 1 heterocycles. The number of benzene rings is 2. The van der Waals surface area contributed by atoms with E-state index in [1.165, 1.54) is 36.6 Å². The van der Waals surface area contributed by atoms with Crippen molar-refractivity contribution in [3.63, 3.8) is 0 Å². The first-order valence-electron chi connectivity index (χ1n) is 7.89.